The van der Waals surface area contributed by atoms with Gasteiger partial charge in [-0.05, 0) is 99.7 Å². The largest absolute Gasteiger partial charge is 0.207 e. The number of halogens is 1. The molecule has 138 valence electrons. The predicted octanol–water partition coefficient (Wildman–Crippen LogP) is 7.65. The third-order valence-corrected chi connectivity index (χ3v) is 6.89. The summed E-state index contributed by atoms with van der Waals surface area (Å²) in [6.45, 7) is 2.12. The number of hydrogen-bond acceptors (Lipinski definition) is 0. The zero-order chi connectivity index (χ0) is 17.5. The average molecular weight is 343 g/mol. The molecule has 1 heteroatoms. The van der Waals surface area contributed by atoms with Gasteiger partial charge >= 0.3 is 0 Å². The second kappa shape index (κ2) is 9.55. The van der Waals surface area contributed by atoms with Crippen molar-refractivity contribution in [3.8, 4) is 0 Å². The van der Waals surface area contributed by atoms with E-state index in [0.717, 1.165) is 17.8 Å². The Kier molecular flexibility index (Phi) is 7.13. The van der Waals surface area contributed by atoms with Crippen molar-refractivity contribution in [1.82, 2.24) is 0 Å². The summed E-state index contributed by atoms with van der Waals surface area (Å²) in [5.41, 5.74) is 1.35. The van der Waals surface area contributed by atoms with E-state index in [1.165, 1.54) is 76.2 Å². The number of benzene rings is 1. The van der Waals surface area contributed by atoms with Crippen LogP contribution in [0.3, 0.4) is 0 Å². The van der Waals surface area contributed by atoms with Gasteiger partial charge in [0.2, 0.25) is 0 Å². The van der Waals surface area contributed by atoms with Crippen LogP contribution in [0.15, 0.2) is 36.4 Å². The second-order valence-electron chi connectivity index (χ2n) is 8.44. The van der Waals surface area contributed by atoms with Crippen molar-refractivity contribution in [1.29, 1.82) is 0 Å². The maximum Gasteiger partial charge on any atom is 0.123 e. The summed E-state index contributed by atoms with van der Waals surface area (Å²) >= 11 is 0. The highest BCUT2D eigenvalue weighted by Crippen LogP contribution is 2.44. The van der Waals surface area contributed by atoms with Crippen LogP contribution in [0, 0.1) is 23.6 Å². The molecule has 1 aromatic carbocycles. The van der Waals surface area contributed by atoms with Gasteiger partial charge in [-0.15, -0.1) is 0 Å². The lowest BCUT2D eigenvalue weighted by atomic mass is 9.68. The first kappa shape index (κ1) is 18.7. The lowest BCUT2D eigenvalue weighted by Crippen LogP contribution is -2.25. The Morgan fingerprint density at radius 1 is 0.880 bits per heavy atom. The first-order chi connectivity index (χ1) is 12.3. The molecule has 0 unspecified atom stereocenters. The van der Waals surface area contributed by atoms with Crippen LogP contribution in [0.25, 0.3) is 0 Å². The summed E-state index contributed by atoms with van der Waals surface area (Å²) in [5.74, 6) is 3.50. The van der Waals surface area contributed by atoms with Crippen molar-refractivity contribution >= 4 is 0 Å². The molecule has 2 aliphatic rings. The number of rotatable bonds is 6. The molecular formula is C24H35F. The molecule has 0 aromatic heterocycles. The lowest BCUT2D eigenvalue weighted by Gasteiger charge is -2.38. The van der Waals surface area contributed by atoms with E-state index in [9.17, 15) is 4.39 Å². The van der Waals surface area contributed by atoms with E-state index in [-0.39, 0.29) is 5.82 Å². The van der Waals surface area contributed by atoms with Crippen molar-refractivity contribution in [2.45, 2.75) is 83.5 Å². The van der Waals surface area contributed by atoms with E-state index >= 15 is 0 Å². The fourth-order valence-corrected chi connectivity index (χ4v) is 5.30. The van der Waals surface area contributed by atoms with Gasteiger partial charge in [0, 0.05) is 0 Å². The minimum Gasteiger partial charge on any atom is -0.207 e. The Morgan fingerprint density at radius 2 is 1.48 bits per heavy atom. The maximum absolute atomic E-state index is 13.1. The molecular weight excluding hydrogens is 307 g/mol. The van der Waals surface area contributed by atoms with E-state index in [1.54, 1.807) is 12.1 Å². The normalized spacial score (nSPS) is 30.6. The highest BCUT2D eigenvalue weighted by atomic mass is 19.1. The quantitative estimate of drug-likeness (QED) is 0.368. The fraction of sp³-hybridized carbons (Fsp3) is 0.667. The standard InChI is InChI=1S/C24H35F/c1-2-3-4-5-6-19-7-9-20(10-8-19)21-11-13-22(14-12-21)23-15-17-24(25)18-16-23/h2-3,15-22H,4-14H2,1H3/b3-2-. The molecule has 0 bridgehead atoms. The van der Waals surface area contributed by atoms with Crippen molar-refractivity contribution < 1.29 is 4.39 Å². The molecule has 0 aliphatic heterocycles. The zero-order valence-electron chi connectivity index (χ0n) is 15.9. The fourth-order valence-electron chi connectivity index (χ4n) is 5.30. The van der Waals surface area contributed by atoms with Crippen LogP contribution in [-0.4, -0.2) is 0 Å². The van der Waals surface area contributed by atoms with Crippen molar-refractivity contribution in [2.24, 2.45) is 17.8 Å². The third kappa shape index (κ3) is 5.43. The molecule has 25 heavy (non-hydrogen) atoms. The number of allylic oxidation sites excluding steroid dienone is 2. The van der Waals surface area contributed by atoms with Gasteiger partial charge in [-0.3, -0.25) is 0 Å². The molecule has 1 aromatic rings. The molecule has 0 amide bonds. The van der Waals surface area contributed by atoms with E-state index in [4.69, 9.17) is 0 Å². The highest BCUT2D eigenvalue weighted by molar-refractivity contribution is 5.20. The average Bonchev–Trinajstić information content (AvgIpc) is 2.67. The lowest BCUT2D eigenvalue weighted by molar-refractivity contribution is 0.156. The van der Waals surface area contributed by atoms with Gasteiger partial charge in [0.05, 0.1) is 0 Å². The maximum atomic E-state index is 13.1. The Morgan fingerprint density at radius 3 is 2.08 bits per heavy atom. The summed E-state index contributed by atoms with van der Waals surface area (Å²) in [5, 5.41) is 0. The van der Waals surface area contributed by atoms with Crippen LogP contribution in [-0.2, 0) is 0 Å². The van der Waals surface area contributed by atoms with E-state index in [2.05, 4.69) is 19.1 Å². The Hall–Kier alpha value is -1.11. The van der Waals surface area contributed by atoms with Crippen LogP contribution < -0.4 is 0 Å². The molecule has 2 saturated carbocycles. The van der Waals surface area contributed by atoms with Gasteiger partial charge in [-0.1, -0.05) is 43.5 Å². The topological polar surface area (TPSA) is 0 Å². The summed E-state index contributed by atoms with van der Waals surface area (Å²) in [6.07, 6.45) is 19.8. The van der Waals surface area contributed by atoms with Crippen molar-refractivity contribution in [3.63, 3.8) is 0 Å². The SMILES string of the molecule is C/C=C\CCCC1CCC(C2CCC(c3ccc(F)cc3)CC2)CC1. The second-order valence-corrected chi connectivity index (χ2v) is 8.44. The van der Waals surface area contributed by atoms with E-state index in [0.29, 0.717) is 5.92 Å². The Balaban J connectivity index is 1.38. The summed E-state index contributed by atoms with van der Waals surface area (Å²) in [6, 6.07) is 7.25. The predicted molar refractivity (Wildman–Crippen MR) is 105 cm³/mol. The Bertz CT molecular complexity index is 514. The van der Waals surface area contributed by atoms with Crippen molar-refractivity contribution in [2.75, 3.05) is 0 Å². The minimum atomic E-state index is -0.111. The Labute approximate surface area is 153 Å². The van der Waals surface area contributed by atoms with Crippen LogP contribution in [0.1, 0.15) is 89.0 Å². The summed E-state index contributed by atoms with van der Waals surface area (Å²) < 4.78 is 13.1. The molecule has 0 saturated heterocycles. The monoisotopic (exact) mass is 342 g/mol. The van der Waals surface area contributed by atoms with Crippen molar-refractivity contribution in [3.05, 3.63) is 47.8 Å². The molecule has 0 atom stereocenters. The van der Waals surface area contributed by atoms with Gasteiger partial charge in [-0.2, -0.15) is 0 Å². The molecule has 0 N–H and O–H groups in total. The van der Waals surface area contributed by atoms with Crippen LogP contribution in [0.5, 0.6) is 0 Å². The minimum absolute atomic E-state index is 0.111. The molecule has 0 radical (unpaired) electrons. The third-order valence-electron chi connectivity index (χ3n) is 6.89. The number of hydrogen-bond donors (Lipinski definition) is 0. The van der Waals surface area contributed by atoms with E-state index < -0.39 is 0 Å². The van der Waals surface area contributed by atoms with Gasteiger partial charge < -0.3 is 0 Å². The molecule has 2 aliphatic carbocycles. The van der Waals surface area contributed by atoms with Crippen LogP contribution in [0.2, 0.25) is 0 Å². The molecule has 0 spiro atoms. The van der Waals surface area contributed by atoms with Gasteiger partial charge in [0.15, 0.2) is 0 Å². The smallest absolute Gasteiger partial charge is 0.123 e. The molecule has 0 heterocycles. The summed E-state index contributed by atoms with van der Waals surface area (Å²) in [7, 11) is 0. The van der Waals surface area contributed by atoms with Gasteiger partial charge in [0.25, 0.3) is 0 Å². The molecule has 0 nitrogen and oxygen atoms in total. The zero-order valence-corrected chi connectivity index (χ0v) is 15.9. The number of unbranched alkanes of at least 4 members (excludes halogenated alkanes) is 1. The summed E-state index contributed by atoms with van der Waals surface area (Å²) in [4.78, 5) is 0. The van der Waals surface area contributed by atoms with E-state index in [1.807, 2.05) is 12.1 Å². The molecule has 2 fully saturated rings. The van der Waals surface area contributed by atoms with Crippen LogP contribution >= 0.6 is 0 Å². The first-order valence-electron chi connectivity index (χ1n) is 10.6. The van der Waals surface area contributed by atoms with Crippen LogP contribution in [0.4, 0.5) is 4.39 Å². The highest BCUT2D eigenvalue weighted by Gasteiger charge is 2.31. The first-order valence-corrected chi connectivity index (χ1v) is 10.6. The van der Waals surface area contributed by atoms with Gasteiger partial charge in [0.1, 0.15) is 5.82 Å². The van der Waals surface area contributed by atoms with Gasteiger partial charge in [-0.25, -0.2) is 4.39 Å². The molecule has 3 rings (SSSR count).